The summed E-state index contributed by atoms with van der Waals surface area (Å²) in [7, 11) is -6.96. The first-order valence-corrected chi connectivity index (χ1v) is 11.9. The summed E-state index contributed by atoms with van der Waals surface area (Å²) in [5.74, 6) is 0.0714. The third-order valence-electron chi connectivity index (χ3n) is 3.92. The molecule has 0 radical (unpaired) electrons. The van der Waals surface area contributed by atoms with Crippen LogP contribution in [0.5, 0.6) is 0 Å². The lowest BCUT2D eigenvalue weighted by atomic mass is 10.1. The molecule has 4 nitrogen and oxygen atoms in total. The minimum absolute atomic E-state index is 0.0357. The van der Waals surface area contributed by atoms with E-state index in [-0.39, 0.29) is 11.5 Å². The van der Waals surface area contributed by atoms with Crippen LogP contribution in [0.15, 0.2) is 24.3 Å². The summed E-state index contributed by atoms with van der Waals surface area (Å²) in [5.41, 5.74) is 0.726. The molecular weight excluding hydrogens is 379 g/mol. The van der Waals surface area contributed by atoms with Crippen LogP contribution in [-0.4, -0.2) is 28.3 Å². The second kappa shape index (κ2) is 7.72. The maximum Gasteiger partial charge on any atom is 0.171 e. The van der Waals surface area contributed by atoms with Crippen molar-refractivity contribution < 1.29 is 16.8 Å². The van der Waals surface area contributed by atoms with Crippen LogP contribution in [0.1, 0.15) is 52.6 Å². The van der Waals surface area contributed by atoms with Gasteiger partial charge in [-0.15, -0.1) is 23.2 Å². The van der Waals surface area contributed by atoms with Crippen molar-refractivity contribution in [1.29, 1.82) is 0 Å². The van der Waals surface area contributed by atoms with E-state index < -0.39 is 29.1 Å². The lowest BCUT2D eigenvalue weighted by molar-refractivity contribution is 0.579. The molecule has 0 N–H and O–H groups in total. The summed E-state index contributed by atoms with van der Waals surface area (Å²) in [6.07, 6.45) is 3.36. The number of sulfone groups is 2. The highest BCUT2D eigenvalue weighted by molar-refractivity contribution is 7.93. The number of alkyl halides is 2. The molecule has 2 atom stereocenters. The molecule has 0 saturated carbocycles. The third kappa shape index (κ3) is 4.84. The maximum absolute atomic E-state index is 12.3. The SMILES string of the molecule is O=S1(=O)CCCCCCCS(=O)(=O)C(Cl)c2cccc(c2)C1Cl. The summed E-state index contributed by atoms with van der Waals surface area (Å²) in [4.78, 5) is 0. The zero-order valence-electron chi connectivity index (χ0n) is 12.6. The molecular formula is C15H20Cl2O4S2. The van der Waals surface area contributed by atoms with E-state index in [1.165, 1.54) is 6.07 Å². The molecule has 0 aromatic heterocycles. The van der Waals surface area contributed by atoms with Crippen molar-refractivity contribution in [3.05, 3.63) is 35.4 Å². The van der Waals surface area contributed by atoms with Gasteiger partial charge in [-0.25, -0.2) is 16.8 Å². The Balaban J connectivity index is 2.42. The van der Waals surface area contributed by atoms with E-state index in [2.05, 4.69) is 0 Å². The summed E-state index contributed by atoms with van der Waals surface area (Å²) in [6, 6.07) is 6.24. The zero-order valence-corrected chi connectivity index (χ0v) is 15.8. The molecule has 2 bridgehead atoms. The van der Waals surface area contributed by atoms with E-state index in [1.54, 1.807) is 18.2 Å². The second-order valence-electron chi connectivity index (χ2n) is 5.80. The second-order valence-corrected chi connectivity index (χ2v) is 11.6. The van der Waals surface area contributed by atoms with Gasteiger partial charge in [0, 0.05) is 0 Å². The van der Waals surface area contributed by atoms with Crippen LogP contribution in [-0.2, 0) is 19.7 Å². The summed E-state index contributed by atoms with van der Waals surface area (Å²) in [6.45, 7) is 0. The van der Waals surface area contributed by atoms with Crippen molar-refractivity contribution in [3.8, 4) is 0 Å². The fourth-order valence-electron chi connectivity index (χ4n) is 2.60. The standard InChI is InChI=1S/C15H20Cl2O4S2/c16-14-12-7-6-8-13(11-12)15(17)23(20,21)10-5-3-1-2-4-9-22(14,18)19/h6-8,11,14-15H,1-5,9-10H2. The summed E-state index contributed by atoms with van der Waals surface area (Å²) in [5, 5.41) is 0. The highest BCUT2D eigenvalue weighted by Crippen LogP contribution is 2.34. The molecule has 2 rings (SSSR count). The van der Waals surface area contributed by atoms with Crippen molar-refractivity contribution >= 4 is 42.9 Å². The molecule has 130 valence electrons. The Labute approximate surface area is 148 Å². The Hall–Kier alpha value is -0.300. The Morgan fingerprint density at radius 3 is 1.57 bits per heavy atom. The summed E-state index contributed by atoms with van der Waals surface area (Å²) < 4.78 is 46.8. The minimum atomic E-state index is -3.48. The van der Waals surface area contributed by atoms with Gasteiger partial charge in [-0.3, -0.25) is 0 Å². The van der Waals surface area contributed by atoms with Crippen LogP contribution < -0.4 is 0 Å². The van der Waals surface area contributed by atoms with E-state index in [9.17, 15) is 16.8 Å². The quantitative estimate of drug-likeness (QED) is 0.620. The van der Waals surface area contributed by atoms with E-state index in [0.29, 0.717) is 24.0 Å². The van der Waals surface area contributed by atoms with Gasteiger partial charge in [0.1, 0.15) is 0 Å². The lowest BCUT2D eigenvalue weighted by Gasteiger charge is -2.16. The molecule has 1 aromatic carbocycles. The Bertz CT molecular complexity index is 685. The molecule has 1 aromatic rings. The first kappa shape index (κ1) is 19.0. The molecule has 23 heavy (non-hydrogen) atoms. The normalized spacial score (nSPS) is 28.6. The third-order valence-corrected chi connectivity index (χ3v) is 9.58. The summed E-state index contributed by atoms with van der Waals surface area (Å²) >= 11 is 12.3. The number of fused-ring (bicyclic) bond motifs is 2. The van der Waals surface area contributed by atoms with Crippen LogP contribution in [0.2, 0.25) is 0 Å². The van der Waals surface area contributed by atoms with Gasteiger partial charge < -0.3 is 0 Å². The van der Waals surface area contributed by atoms with Crippen molar-refractivity contribution in [1.82, 2.24) is 0 Å². The van der Waals surface area contributed by atoms with Gasteiger partial charge in [-0.1, -0.05) is 43.5 Å². The topological polar surface area (TPSA) is 68.3 Å². The first-order chi connectivity index (χ1) is 10.7. The van der Waals surface area contributed by atoms with Crippen LogP contribution >= 0.6 is 23.2 Å². The molecule has 0 aliphatic carbocycles. The predicted octanol–water partition coefficient (Wildman–Crippen LogP) is 3.96. The van der Waals surface area contributed by atoms with Crippen molar-refractivity contribution in [2.24, 2.45) is 0 Å². The largest absolute Gasteiger partial charge is 0.227 e. The molecule has 0 amide bonds. The van der Waals surface area contributed by atoms with Crippen molar-refractivity contribution in [2.75, 3.05) is 11.5 Å². The van der Waals surface area contributed by atoms with Crippen LogP contribution in [0.25, 0.3) is 0 Å². The molecule has 1 aliphatic heterocycles. The Morgan fingerprint density at radius 2 is 1.13 bits per heavy atom. The Morgan fingerprint density at radius 1 is 0.739 bits per heavy atom. The van der Waals surface area contributed by atoms with Gasteiger partial charge in [0.25, 0.3) is 0 Å². The molecule has 8 heteroatoms. The molecule has 0 spiro atoms. The van der Waals surface area contributed by atoms with Gasteiger partial charge in [0.15, 0.2) is 29.1 Å². The molecule has 1 aliphatic rings. The fraction of sp³-hybridized carbons (Fsp3) is 0.600. The first-order valence-electron chi connectivity index (χ1n) is 7.55. The highest BCUT2D eigenvalue weighted by atomic mass is 35.5. The average Bonchev–Trinajstić information content (AvgIpc) is 2.51. The smallest absolute Gasteiger partial charge is 0.171 e. The molecule has 1 heterocycles. The van der Waals surface area contributed by atoms with Gasteiger partial charge in [0.2, 0.25) is 0 Å². The van der Waals surface area contributed by atoms with Gasteiger partial charge in [-0.2, -0.15) is 0 Å². The van der Waals surface area contributed by atoms with E-state index in [1.807, 2.05) is 0 Å². The fourth-order valence-corrected chi connectivity index (χ4v) is 6.16. The zero-order chi connectivity index (χ0) is 17.1. The molecule has 2 unspecified atom stereocenters. The maximum atomic E-state index is 12.3. The molecule has 0 fully saturated rings. The van der Waals surface area contributed by atoms with Crippen LogP contribution in [0.4, 0.5) is 0 Å². The van der Waals surface area contributed by atoms with E-state index in [0.717, 1.165) is 19.3 Å². The van der Waals surface area contributed by atoms with Crippen LogP contribution in [0, 0.1) is 0 Å². The van der Waals surface area contributed by atoms with E-state index >= 15 is 0 Å². The highest BCUT2D eigenvalue weighted by Gasteiger charge is 2.28. The number of hydrogen-bond donors (Lipinski definition) is 0. The number of hydrogen-bond acceptors (Lipinski definition) is 4. The minimum Gasteiger partial charge on any atom is -0.227 e. The van der Waals surface area contributed by atoms with Crippen LogP contribution in [0.3, 0.4) is 0 Å². The van der Waals surface area contributed by atoms with Gasteiger partial charge in [-0.05, 0) is 24.0 Å². The van der Waals surface area contributed by atoms with Crippen molar-refractivity contribution in [2.45, 2.75) is 41.5 Å². The van der Waals surface area contributed by atoms with Crippen molar-refractivity contribution in [3.63, 3.8) is 0 Å². The Kier molecular flexibility index (Phi) is 6.39. The number of benzene rings is 1. The van der Waals surface area contributed by atoms with Gasteiger partial charge >= 0.3 is 0 Å². The molecule has 0 saturated heterocycles. The van der Waals surface area contributed by atoms with E-state index in [4.69, 9.17) is 23.2 Å². The average molecular weight is 399 g/mol. The predicted molar refractivity (Wildman–Crippen MR) is 94.3 cm³/mol. The van der Waals surface area contributed by atoms with Gasteiger partial charge in [0.05, 0.1) is 11.5 Å². The number of halogens is 2. The lowest BCUT2D eigenvalue weighted by Crippen LogP contribution is -2.15. The number of rotatable bonds is 0. The monoisotopic (exact) mass is 398 g/mol.